The summed E-state index contributed by atoms with van der Waals surface area (Å²) in [5.74, 6) is 0.559. The molecule has 0 N–H and O–H groups in total. The third kappa shape index (κ3) is 4.85. The normalized spacial score (nSPS) is 22.3. The highest BCUT2D eigenvalue weighted by atomic mass is 32.1. The summed E-state index contributed by atoms with van der Waals surface area (Å²) in [6, 6.07) is 60.8. The van der Waals surface area contributed by atoms with Gasteiger partial charge in [-0.2, -0.15) is 0 Å². The molecule has 8 aromatic rings. The molecule has 4 atom stereocenters. The van der Waals surface area contributed by atoms with Gasteiger partial charge >= 0.3 is 0 Å². The molecule has 0 radical (unpaired) electrons. The van der Waals surface area contributed by atoms with Crippen molar-refractivity contribution in [2.75, 3.05) is 4.90 Å². The van der Waals surface area contributed by atoms with E-state index >= 15 is 0 Å². The Kier molecular flexibility index (Phi) is 7.66. The van der Waals surface area contributed by atoms with Crippen LogP contribution in [-0.2, 0) is 5.41 Å². The molecule has 56 heavy (non-hydrogen) atoms. The Labute approximate surface area is 332 Å². The molecule has 11 rings (SSSR count). The lowest BCUT2D eigenvalue weighted by atomic mass is 9.51. The number of hydrogen-bond acceptors (Lipinski definition) is 2. The molecule has 1 heterocycles. The van der Waals surface area contributed by atoms with E-state index in [-0.39, 0.29) is 16.7 Å². The molecule has 1 aromatic heterocycles. The highest BCUT2D eigenvalue weighted by molar-refractivity contribution is 7.26. The van der Waals surface area contributed by atoms with Gasteiger partial charge in [0.05, 0.1) is 10.4 Å². The quantitative estimate of drug-likeness (QED) is 0.164. The second-order valence-corrected chi connectivity index (χ2v) is 16.8. The van der Waals surface area contributed by atoms with Crippen LogP contribution in [0, 0.1) is 11.3 Å². The van der Waals surface area contributed by atoms with Gasteiger partial charge in [-0.05, 0) is 87.3 Å². The zero-order chi connectivity index (χ0) is 37.3. The maximum atomic E-state index is 2.54. The SMILES string of the molecule is CC12C=CC=CC1c1ccccc1C2(c1ccccc1)C1C=CC(N(c2ccc(-c3ccc4ccccc4c3)cc2)c2cccc3c2sc2ccccc23)=CC1. The van der Waals surface area contributed by atoms with Crippen LogP contribution in [0.5, 0.6) is 0 Å². The predicted molar refractivity (Wildman–Crippen MR) is 239 cm³/mol. The summed E-state index contributed by atoms with van der Waals surface area (Å²) < 4.78 is 2.63. The van der Waals surface area contributed by atoms with Gasteiger partial charge in [0, 0.05) is 43.6 Å². The molecule has 0 spiro atoms. The molecular weight excluding hydrogens is 695 g/mol. The number of allylic oxidation sites excluding steroid dienone is 7. The molecular formula is C54H41NS. The van der Waals surface area contributed by atoms with E-state index in [1.54, 1.807) is 0 Å². The van der Waals surface area contributed by atoms with Gasteiger partial charge in [0.25, 0.3) is 0 Å². The molecule has 0 saturated carbocycles. The van der Waals surface area contributed by atoms with Gasteiger partial charge in [0.1, 0.15) is 0 Å². The summed E-state index contributed by atoms with van der Waals surface area (Å²) in [6.07, 6.45) is 17.9. The van der Waals surface area contributed by atoms with Crippen molar-refractivity contribution in [1.29, 1.82) is 0 Å². The molecule has 1 nitrogen and oxygen atoms in total. The number of rotatable bonds is 6. The smallest absolute Gasteiger partial charge is 0.0640 e. The molecule has 0 aliphatic heterocycles. The van der Waals surface area contributed by atoms with Gasteiger partial charge in [-0.25, -0.2) is 0 Å². The number of thiophene rings is 1. The fourth-order valence-corrected chi connectivity index (χ4v) is 11.7. The van der Waals surface area contributed by atoms with Crippen molar-refractivity contribution in [1.82, 2.24) is 0 Å². The molecule has 3 aliphatic carbocycles. The molecule has 0 amide bonds. The van der Waals surface area contributed by atoms with Crippen molar-refractivity contribution in [2.45, 2.75) is 24.7 Å². The summed E-state index contributed by atoms with van der Waals surface area (Å²) in [5, 5.41) is 5.15. The minimum absolute atomic E-state index is 0.131. The number of nitrogens with zero attached hydrogens (tertiary/aromatic N) is 1. The fraction of sp³-hybridized carbons (Fsp3) is 0.111. The van der Waals surface area contributed by atoms with Gasteiger partial charge in [-0.3, -0.25) is 0 Å². The van der Waals surface area contributed by atoms with Crippen LogP contribution in [0.4, 0.5) is 11.4 Å². The van der Waals surface area contributed by atoms with Gasteiger partial charge < -0.3 is 4.90 Å². The average molecular weight is 736 g/mol. The summed E-state index contributed by atoms with van der Waals surface area (Å²) in [4.78, 5) is 2.50. The van der Waals surface area contributed by atoms with Crippen molar-refractivity contribution in [2.24, 2.45) is 11.3 Å². The number of anilines is 2. The Balaban J connectivity index is 1.05. The first-order valence-electron chi connectivity index (χ1n) is 19.8. The highest BCUT2D eigenvalue weighted by Gasteiger charge is 2.62. The molecule has 3 aliphatic rings. The Bertz CT molecular complexity index is 2930. The maximum Gasteiger partial charge on any atom is 0.0640 e. The lowest BCUT2D eigenvalue weighted by Gasteiger charge is -2.51. The first-order valence-corrected chi connectivity index (χ1v) is 20.6. The maximum absolute atomic E-state index is 2.54. The lowest BCUT2D eigenvalue weighted by molar-refractivity contribution is 0.190. The number of fused-ring (bicyclic) bond motifs is 7. The van der Waals surface area contributed by atoms with E-state index in [1.807, 2.05) is 11.3 Å². The van der Waals surface area contributed by atoms with Crippen molar-refractivity contribution >= 4 is 53.7 Å². The molecule has 2 heteroatoms. The van der Waals surface area contributed by atoms with E-state index in [0.29, 0.717) is 5.92 Å². The molecule has 0 fully saturated rings. The second-order valence-electron chi connectivity index (χ2n) is 15.8. The topological polar surface area (TPSA) is 3.24 Å². The van der Waals surface area contributed by atoms with E-state index < -0.39 is 0 Å². The van der Waals surface area contributed by atoms with Crippen LogP contribution >= 0.6 is 11.3 Å². The predicted octanol–water partition coefficient (Wildman–Crippen LogP) is 14.7. The molecule has 4 unspecified atom stereocenters. The van der Waals surface area contributed by atoms with E-state index in [4.69, 9.17) is 0 Å². The van der Waals surface area contributed by atoms with Crippen LogP contribution in [0.2, 0.25) is 0 Å². The van der Waals surface area contributed by atoms with Gasteiger partial charge in [-0.1, -0.05) is 177 Å². The second kappa shape index (κ2) is 12.9. The molecule has 7 aromatic carbocycles. The minimum atomic E-state index is -0.243. The van der Waals surface area contributed by atoms with Crippen LogP contribution in [0.15, 0.2) is 212 Å². The standard InChI is InChI=1S/C54H41NS/c1-53-35-12-11-21-48(53)47-19-7-9-22-49(47)54(53,41-16-3-2-4-17-41)42-29-33-44(34-30-42)55(50-23-13-20-46-45-18-8-10-24-51(45)56-52(46)50)43-31-27-38(28-32-43)40-26-25-37-14-5-6-15-39(37)36-40/h2-29,31-36,42,48H,30H2,1H3. The van der Waals surface area contributed by atoms with Gasteiger partial charge in [-0.15, -0.1) is 11.3 Å². The average Bonchev–Trinajstić information content (AvgIpc) is 3.76. The molecule has 0 saturated heterocycles. The van der Waals surface area contributed by atoms with Crippen molar-refractivity contribution < 1.29 is 0 Å². The largest absolute Gasteiger partial charge is 0.309 e. The third-order valence-electron chi connectivity index (χ3n) is 13.0. The number of benzene rings is 7. The number of hydrogen-bond donors (Lipinski definition) is 0. The van der Waals surface area contributed by atoms with E-state index in [9.17, 15) is 0 Å². The molecule has 268 valence electrons. The highest BCUT2D eigenvalue weighted by Crippen LogP contribution is 2.67. The summed E-state index contributed by atoms with van der Waals surface area (Å²) in [7, 11) is 0. The minimum Gasteiger partial charge on any atom is -0.309 e. The lowest BCUT2D eigenvalue weighted by Crippen LogP contribution is -2.48. The first kappa shape index (κ1) is 33.1. The van der Waals surface area contributed by atoms with Crippen molar-refractivity contribution in [3.05, 3.63) is 229 Å². The first-order chi connectivity index (χ1) is 27.6. The summed E-state index contributed by atoms with van der Waals surface area (Å²) in [6.45, 7) is 2.50. The molecule has 0 bridgehead atoms. The van der Waals surface area contributed by atoms with Crippen LogP contribution in [0.3, 0.4) is 0 Å². The van der Waals surface area contributed by atoms with Gasteiger partial charge in [0.15, 0.2) is 0 Å². The third-order valence-corrected chi connectivity index (χ3v) is 14.2. The van der Waals surface area contributed by atoms with Crippen LogP contribution in [-0.4, -0.2) is 0 Å². The van der Waals surface area contributed by atoms with Crippen molar-refractivity contribution in [3.63, 3.8) is 0 Å². The van der Waals surface area contributed by atoms with Crippen LogP contribution in [0.1, 0.15) is 36.0 Å². The van der Waals surface area contributed by atoms with Crippen molar-refractivity contribution in [3.8, 4) is 11.1 Å². The van der Waals surface area contributed by atoms with E-state index in [2.05, 4.69) is 218 Å². The Morgan fingerprint density at radius 3 is 2.23 bits per heavy atom. The van der Waals surface area contributed by atoms with Gasteiger partial charge in [0.2, 0.25) is 0 Å². The summed E-state index contributed by atoms with van der Waals surface area (Å²) in [5.41, 5.74) is 9.95. The zero-order valence-corrected chi connectivity index (χ0v) is 32.2. The van der Waals surface area contributed by atoms with Crippen LogP contribution in [0.25, 0.3) is 42.1 Å². The summed E-state index contributed by atoms with van der Waals surface area (Å²) >= 11 is 1.89. The van der Waals surface area contributed by atoms with Crippen LogP contribution < -0.4 is 4.90 Å². The van der Waals surface area contributed by atoms with E-state index in [1.165, 1.54) is 70.1 Å². The zero-order valence-electron chi connectivity index (χ0n) is 31.3. The Morgan fingerprint density at radius 2 is 1.38 bits per heavy atom. The Morgan fingerprint density at radius 1 is 0.625 bits per heavy atom. The monoisotopic (exact) mass is 735 g/mol. The Hall–Kier alpha value is -6.22. The van der Waals surface area contributed by atoms with E-state index in [0.717, 1.165) is 12.1 Å². The fourth-order valence-electron chi connectivity index (χ4n) is 10.5.